The van der Waals surface area contributed by atoms with E-state index < -0.39 is 12.1 Å². The van der Waals surface area contributed by atoms with Gasteiger partial charge in [0.05, 0.1) is 0 Å². The molecule has 2 heterocycles. The zero-order chi connectivity index (χ0) is 21.8. The van der Waals surface area contributed by atoms with E-state index in [9.17, 15) is 9.59 Å². The van der Waals surface area contributed by atoms with Crippen molar-refractivity contribution in [2.45, 2.75) is 32.8 Å². The van der Waals surface area contributed by atoms with E-state index >= 15 is 0 Å². The van der Waals surface area contributed by atoms with Crippen LogP contribution in [0.3, 0.4) is 0 Å². The molecule has 0 saturated carbocycles. The topological polar surface area (TPSA) is 86.4 Å². The van der Waals surface area contributed by atoms with E-state index in [0.29, 0.717) is 23.3 Å². The van der Waals surface area contributed by atoms with E-state index in [2.05, 4.69) is 15.1 Å². The standard InChI is InChI=1S/C24H22N4O3/c1-16-20(17(2)28-24(27-16)25-15-26-28)13-14-21(29)31-23(19-11-7-4-8-12-19)22(30)18-9-5-3-6-10-18/h3-12,15,23H,13-14H2,1-2H3/t23-/m1/s1. The van der Waals surface area contributed by atoms with Gasteiger partial charge >= 0.3 is 5.97 Å². The van der Waals surface area contributed by atoms with E-state index in [0.717, 1.165) is 17.0 Å². The molecule has 0 N–H and O–H groups in total. The number of carbonyl (C=O) groups is 2. The zero-order valence-electron chi connectivity index (χ0n) is 17.4. The highest BCUT2D eigenvalue weighted by atomic mass is 16.5. The van der Waals surface area contributed by atoms with Crippen molar-refractivity contribution in [3.63, 3.8) is 0 Å². The monoisotopic (exact) mass is 414 g/mol. The Morgan fingerprint density at radius 3 is 2.39 bits per heavy atom. The van der Waals surface area contributed by atoms with E-state index in [1.807, 2.05) is 38.1 Å². The van der Waals surface area contributed by atoms with Gasteiger partial charge in [-0.3, -0.25) is 9.59 Å². The molecule has 0 bridgehead atoms. The fraction of sp³-hybridized carbons (Fsp3) is 0.208. The molecule has 0 unspecified atom stereocenters. The first kappa shape index (κ1) is 20.4. The second kappa shape index (κ2) is 8.87. The highest BCUT2D eigenvalue weighted by Crippen LogP contribution is 2.24. The predicted octanol–water partition coefficient (Wildman–Crippen LogP) is 3.84. The summed E-state index contributed by atoms with van der Waals surface area (Å²) in [6.45, 7) is 3.80. The van der Waals surface area contributed by atoms with Crippen LogP contribution < -0.4 is 0 Å². The molecule has 0 aliphatic rings. The first-order valence-corrected chi connectivity index (χ1v) is 10.0. The summed E-state index contributed by atoms with van der Waals surface area (Å²) < 4.78 is 7.34. The van der Waals surface area contributed by atoms with Gasteiger partial charge < -0.3 is 4.74 Å². The van der Waals surface area contributed by atoms with Gasteiger partial charge in [0.15, 0.2) is 6.10 Å². The van der Waals surface area contributed by atoms with Crippen LogP contribution in [0.5, 0.6) is 0 Å². The van der Waals surface area contributed by atoms with Crippen LogP contribution in [0.1, 0.15) is 45.4 Å². The number of Topliss-reactive ketones (excluding diaryl/α,β-unsaturated/α-hetero) is 1. The number of hydrogen-bond acceptors (Lipinski definition) is 6. The molecule has 0 saturated heterocycles. The molecule has 0 radical (unpaired) electrons. The summed E-state index contributed by atoms with van der Waals surface area (Å²) in [7, 11) is 0. The number of esters is 1. The van der Waals surface area contributed by atoms with Crippen LogP contribution in [-0.2, 0) is 16.0 Å². The summed E-state index contributed by atoms with van der Waals surface area (Å²) in [5.74, 6) is -0.173. The third kappa shape index (κ3) is 4.35. The summed E-state index contributed by atoms with van der Waals surface area (Å²) in [5.41, 5.74) is 3.73. The highest BCUT2D eigenvalue weighted by molar-refractivity contribution is 6.01. The first-order valence-electron chi connectivity index (χ1n) is 10.0. The van der Waals surface area contributed by atoms with Crippen molar-refractivity contribution in [3.8, 4) is 0 Å². The van der Waals surface area contributed by atoms with Crippen LogP contribution in [0.2, 0.25) is 0 Å². The maximum Gasteiger partial charge on any atom is 0.307 e. The van der Waals surface area contributed by atoms with Crippen LogP contribution in [0, 0.1) is 13.8 Å². The number of nitrogens with zero attached hydrogens (tertiary/aromatic N) is 4. The molecular formula is C24H22N4O3. The normalized spacial score (nSPS) is 11.9. The molecule has 0 aliphatic carbocycles. The van der Waals surface area contributed by atoms with E-state index in [1.165, 1.54) is 6.33 Å². The molecule has 0 fully saturated rings. The summed E-state index contributed by atoms with van der Waals surface area (Å²) in [6, 6.07) is 17.9. The Morgan fingerprint density at radius 1 is 1.00 bits per heavy atom. The van der Waals surface area contributed by atoms with Gasteiger partial charge in [0, 0.05) is 28.9 Å². The van der Waals surface area contributed by atoms with Crippen molar-refractivity contribution in [3.05, 3.63) is 95.1 Å². The molecule has 0 amide bonds. The Hall–Kier alpha value is -3.87. The van der Waals surface area contributed by atoms with Crippen LogP contribution in [0.4, 0.5) is 0 Å². The SMILES string of the molecule is Cc1nc2ncnn2c(C)c1CCC(=O)O[C@@H](C(=O)c1ccccc1)c1ccccc1. The maximum absolute atomic E-state index is 13.1. The van der Waals surface area contributed by atoms with Gasteiger partial charge in [-0.25, -0.2) is 9.50 Å². The van der Waals surface area contributed by atoms with Crippen LogP contribution in [0.25, 0.3) is 5.78 Å². The van der Waals surface area contributed by atoms with Crippen molar-refractivity contribution in [1.29, 1.82) is 0 Å². The maximum atomic E-state index is 13.1. The Balaban J connectivity index is 1.52. The molecule has 2 aromatic heterocycles. The molecule has 0 spiro atoms. The predicted molar refractivity (Wildman–Crippen MR) is 115 cm³/mol. The molecule has 4 rings (SSSR count). The summed E-state index contributed by atoms with van der Waals surface area (Å²) in [4.78, 5) is 34.4. The van der Waals surface area contributed by atoms with Gasteiger partial charge in [0.25, 0.3) is 5.78 Å². The number of hydrogen-bond donors (Lipinski definition) is 0. The molecule has 1 atom stereocenters. The van der Waals surface area contributed by atoms with Crippen LogP contribution >= 0.6 is 0 Å². The zero-order valence-corrected chi connectivity index (χ0v) is 17.4. The Kier molecular flexibility index (Phi) is 5.84. The largest absolute Gasteiger partial charge is 0.449 e. The average Bonchev–Trinajstić information content (AvgIpc) is 3.26. The van der Waals surface area contributed by atoms with Gasteiger partial charge in [-0.1, -0.05) is 60.7 Å². The third-order valence-corrected chi connectivity index (χ3v) is 5.22. The van der Waals surface area contributed by atoms with Crippen molar-refractivity contribution in [2.24, 2.45) is 0 Å². The molecular weight excluding hydrogens is 392 g/mol. The van der Waals surface area contributed by atoms with E-state index in [4.69, 9.17) is 4.74 Å². The number of fused-ring (bicyclic) bond motifs is 1. The van der Waals surface area contributed by atoms with Crippen molar-refractivity contribution >= 4 is 17.5 Å². The Morgan fingerprint density at radius 2 is 1.68 bits per heavy atom. The molecule has 7 nitrogen and oxygen atoms in total. The van der Waals surface area contributed by atoms with Gasteiger partial charge in [-0.05, 0) is 25.8 Å². The minimum Gasteiger partial charge on any atom is -0.449 e. The smallest absolute Gasteiger partial charge is 0.307 e. The third-order valence-electron chi connectivity index (χ3n) is 5.22. The number of ketones is 1. The van der Waals surface area contributed by atoms with Crippen LogP contribution in [0.15, 0.2) is 67.0 Å². The first-order chi connectivity index (χ1) is 15.0. The number of rotatable bonds is 7. The van der Waals surface area contributed by atoms with Crippen molar-refractivity contribution in [1.82, 2.24) is 19.6 Å². The molecule has 2 aromatic carbocycles. The lowest BCUT2D eigenvalue weighted by Gasteiger charge is -2.18. The summed E-state index contributed by atoms with van der Waals surface area (Å²) in [6.07, 6.45) is 1.01. The van der Waals surface area contributed by atoms with Crippen LogP contribution in [-0.4, -0.2) is 31.3 Å². The van der Waals surface area contributed by atoms with Crippen molar-refractivity contribution in [2.75, 3.05) is 0 Å². The highest BCUT2D eigenvalue weighted by Gasteiger charge is 2.26. The molecule has 0 aliphatic heterocycles. The van der Waals surface area contributed by atoms with Gasteiger partial charge in [0.1, 0.15) is 6.33 Å². The lowest BCUT2D eigenvalue weighted by Crippen LogP contribution is -2.20. The summed E-state index contributed by atoms with van der Waals surface area (Å²) in [5, 5.41) is 4.17. The minimum atomic E-state index is -0.991. The molecule has 156 valence electrons. The summed E-state index contributed by atoms with van der Waals surface area (Å²) >= 11 is 0. The van der Waals surface area contributed by atoms with Gasteiger partial charge in [0.2, 0.25) is 5.78 Å². The lowest BCUT2D eigenvalue weighted by atomic mass is 9.99. The van der Waals surface area contributed by atoms with Gasteiger partial charge in [-0.15, -0.1) is 0 Å². The lowest BCUT2D eigenvalue weighted by molar-refractivity contribution is -0.147. The van der Waals surface area contributed by atoms with Crippen molar-refractivity contribution < 1.29 is 14.3 Å². The number of ether oxygens (including phenoxy) is 1. The quantitative estimate of drug-likeness (QED) is 0.337. The number of benzene rings is 2. The van der Waals surface area contributed by atoms with Gasteiger partial charge in [-0.2, -0.15) is 10.1 Å². The number of aryl methyl sites for hydroxylation is 2. The molecule has 4 aromatic rings. The fourth-order valence-electron chi connectivity index (χ4n) is 3.59. The average molecular weight is 414 g/mol. The van der Waals surface area contributed by atoms with E-state index in [-0.39, 0.29) is 12.2 Å². The fourth-order valence-corrected chi connectivity index (χ4v) is 3.59. The molecule has 7 heteroatoms. The second-order valence-electron chi connectivity index (χ2n) is 7.24. The number of carbonyl (C=O) groups excluding carboxylic acids is 2. The number of aromatic nitrogens is 4. The minimum absolute atomic E-state index is 0.120. The molecule has 31 heavy (non-hydrogen) atoms. The van der Waals surface area contributed by atoms with E-state index in [1.54, 1.807) is 40.9 Å². The Bertz CT molecular complexity index is 1220. The second-order valence-corrected chi connectivity index (χ2v) is 7.24. The Labute approximate surface area is 179 Å².